The zero-order chi connectivity index (χ0) is 15.1. The van der Waals surface area contributed by atoms with Gasteiger partial charge in [0.1, 0.15) is 0 Å². The number of amides is 3. The first kappa shape index (κ1) is 16.0. The van der Waals surface area contributed by atoms with Gasteiger partial charge < -0.3 is 15.1 Å². The highest BCUT2D eigenvalue weighted by atomic mass is 16.2. The average molecular weight is 277 g/mol. The van der Waals surface area contributed by atoms with Gasteiger partial charge in [-0.05, 0) is 24.6 Å². The van der Waals surface area contributed by atoms with Crippen molar-refractivity contribution in [2.45, 2.75) is 19.8 Å². The first-order chi connectivity index (χ1) is 9.45. The van der Waals surface area contributed by atoms with E-state index in [1.807, 2.05) is 0 Å². The third kappa shape index (κ3) is 4.57. The van der Waals surface area contributed by atoms with Gasteiger partial charge in [0.2, 0.25) is 0 Å². The summed E-state index contributed by atoms with van der Waals surface area (Å²) in [5, 5.41) is 2.80. The number of benzene rings is 1. The predicted octanol–water partition coefficient (Wildman–Crippen LogP) is 2.65. The van der Waals surface area contributed by atoms with Crippen molar-refractivity contribution in [1.29, 1.82) is 0 Å². The molecule has 1 N–H and O–H groups in total. The van der Waals surface area contributed by atoms with E-state index in [2.05, 4.69) is 12.2 Å². The number of anilines is 1. The molecule has 0 saturated heterocycles. The predicted molar refractivity (Wildman–Crippen MR) is 81.0 cm³/mol. The van der Waals surface area contributed by atoms with Crippen molar-refractivity contribution in [3.05, 3.63) is 29.8 Å². The van der Waals surface area contributed by atoms with Crippen molar-refractivity contribution < 1.29 is 9.59 Å². The van der Waals surface area contributed by atoms with E-state index in [0.29, 0.717) is 11.3 Å². The van der Waals surface area contributed by atoms with Gasteiger partial charge in [0.05, 0.1) is 0 Å². The molecule has 0 aliphatic carbocycles. The minimum absolute atomic E-state index is 0.0829. The normalized spacial score (nSPS) is 10.0. The second-order valence-electron chi connectivity index (χ2n) is 4.99. The highest BCUT2D eigenvalue weighted by molar-refractivity contribution is 5.96. The van der Waals surface area contributed by atoms with Crippen LogP contribution >= 0.6 is 0 Å². The molecule has 3 amide bonds. The van der Waals surface area contributed by atoms with E-state index in [9.17, 15) is 9.59 Å². The first-order valence-corrected chi connectivity index (χ1v) is 6.79. The number of carbonyl (C=O) groups excluding carboxylic acids is 2. The smallest absolute Gasteiger partial charge is 0.321 e. The van der Waals surface area contributed by atoms with Gasteiger partial charge in [-0.15, -0.1) is 0 Å². The van der Waals surface area contributed by atoms with Crippen molar-refractivity contribution >= 4 is 17.6 Å². The zero-order valence-electron chi connectivity index (χ0n) is 12.6. The molecule has 5 heteroatoms. The summed E-state index contributed by atoms with van der Waals surface area (Å²) in [6, 6.07) is 6.80. The lowest BCUT2D eigenvalue weighted by Gasteiger charge is -2.18. The van der Waals surface area contributed by atoms with Crippen LogP contribution in [0.2, 0.25) is 0 Å². The van der Waals surface area contributed by atoms with Crippen LogP contribution in [0.25, 0.3) is 0 Å². The summed E-state index contributed by atoms with van der Waals surface area (Å²) in [7, 11) is 5.16. The summed E-state index contributed by atoms with van der Waals surface area (Å²) in [6.45, 7) is 2.81. The molecule has 20 heavy (non-hydrogen) atoms. The molecule has 0 aliphatic heterocycles. The Labute approximate surface area is 120 Å². The Morgan fingerprint density at radius 3 is 2.50 bits per heavy atom. The molecule has 0 bridgehead atoms. The molecule has 1 aromatic rings. The van der Waals surface area contributed by atoms with Gasteiger partial charge in [-0.25, -0.2) is 4.79 Å². The van der Waals surface area contributed by atoms with Gasteiger partial charge in [0, 0.05) is 38.9 Å². The molecule has 0 fully saturated rings. The SMILES string of the molecule is CCCCN(C)C(=O)Nc1cccc(C(=O)N(C)C)c1. The summed E-state index contributed by atoms with van der Waals surface area (Å²) < 4.78 is 0. The molecule has 5 nitrogen and oxygen atoms in total. The number of nitrogens with one attached hydrogen (secondary N) is 1. The fourth-order valence-electron chi connectivity index (χ4n) is 1.70. The monoisotopic (exact) mass is 277 g/mol. The Morgan fingerprint density at radius 2 is 1.90 bits per heavy atom. The number of hydrogen-bond donors (Lipinski definition) is 1. The fourth-order valence-corrected chi connectivity index (χ4v) is 1.70. The van der Waals surface area contributed by atoms with Crippen molar-refractivity contribution in [3.8, 4) is 0 Å². The standard InChI is InChI=1S/C15H23N3O2/c1-5-6-10-18(4)15(20)16-13-9-7-8-12(11-13)14(19)17(2)3/h7-9,11H,5-6,10H2,1-4H3,(H,16,20). The Kier molecular flexibility index (Phi) is 6.03. The summed E-state index contributed by atoms with van der Waals surface area (Å²) in [6.07, 6.45) is 2.02. The second-order valence-corrected chi connectivity index (χ2v) is 4.99. The van der Waals surface area contributed by atoms with Crippen LogP contribution in [0.1, 0.15) is 30.1 Å². The van der Waals surface area contributed by atoms with E-state index >= 15 is 0 Å². The van der Waals surface area contributed by atoms with Gasteiger partial charge in [0.15, 0.2) is 0 Å². The molecular formula is C15H23N3O2. The van der Waals surface area contributed by atoms with Crippen molar-refractivity contribution in [3.63, 3.8) is 0 Å². The third-order valence-corrected chi connectivity index (χ3v) is 2.96. The Morgan fingerprint density at radius 1 is 1.20 bits per heavy atom. The number of rotatable bonds is 5. The maximum Gasteiger partial charge on any atom is 0.321 e. The lowest BCUT2D eigenvalue weighted by molar-refractivity contribution is 0.0827. The largest absolute Gasteiger partial charge is 0.345 e. The minimum atomic E-state index is -0.159. The van der Waals surface area contributed by atoms with Crippen molar-refractivity contribution in [1.82, 2.24) is 9.80 Å². The van der Waals surface area contributed by atoms with Gasteiger partial charge in [0.25, 0.3) is 5.91 Å². The molecule has 0 atom stereocenters. The topological polar surface area (TPSA) is 52.7 Å². The molecule has 0 spiro atoms. The van der Waals surface area contributed by atoms with Gasteiger partial charge >= 0.3 is 6.03 Å². The van der Waals surface area contributed by atoms with Gasteiger partial charge in [-0.3, -0.25) is 4.79 Å². The molecule has 110 valence electrons. The van der Waals surface area contributed by atoms with E-state index in [-0.39, 0.29) is 11.9 Å². The molecular weight excluding hydrogens is 254 g/mol. The van der Waals surface area contributed by atoms with Crippen LogP contribution in [0, 0.1) is 0 Å². The van der Waals surface area contributed by atoms with E-state index in [0.717, 1.165) is 19.4 Å². The lowest BCUT2D eigenvalue weighted by Crippen LogP contribution is -2.32. The van der Waals surface area contributed by atoms with E-state index < -0.39 is 0 Å². The number of carbonyl (C=O) groups is 2. The molecule has 1 rings (SSSR count). The van der Waals surface area contributed by atoms with Crippen LogP contribution in [0.4, 0.5) is 10.5 Å². The van der Waals surface area contributed by atoms with Crippen molar-refractivity contribution in [2.24, 2.45) is 0 Å². The van der Waals surface area contributed by atoms with Crippen LogP contribution in [-0.4, -0.2) is 49.4 Å². The summed E-state index contributed by atoms with van der Waals surface area (Å²) in [5.74, 6) is -0.0829. The Bertz CT molecular complexity index is 472. The molecule has 0 aliphatic rings. The molecule has 0 unspecified atom stereocenters. The highest BCUT2D eigenvalue weighted by Crippen LogP contribution is 2.12. The van der Waals surface area contributed by atoms with Crippen LogP contribution in [-0.2, 0) is 0 Å². The minimum Gasteiger partial charge on any atom is -0.345 e. The summed E-state index contributed by atoms with van der Waals surface area (Å²) in [5.41, 5.74) is 1.19. The number of nitrogens with zero attached hydrogens (tertiary/aromatic N) is 2. The maximum atomic E-state index is 12.0. The molecule has 1 aromatic carbocycles. The number of hydrogen-bond acceptors (Lipinski definition) is 2. The number of unbranched alkanes of at least 4 members (excludes halogenated alkanes) is 1. The fraction of sp³-hybridized carbons (Fsp3) is 0.467. The number of urea groups is 1. The second kappa shape index (κ2) is 7.53. The zero-order valence-corrected chi connectivity index (χ0v) is 12.6. The first-order valence-electron chi connectivity index (χ1n) is 6.79. The van der Waals surface area contributed by atoms with Crippen LogP contribution < -0.4 is 5.32 Å². The maximum absolute atomic E-state index is 12.0. The van der Waals surface area contributed by atoms with E-state index in [1.165, 1.54) is 4.90 Å². The van der Waals surface area contributed by atoms with Crippen LogP contribution in [0.5, 0.6) is 0 Å². The molecule has 0 heterocycles. The average Bonchev–Trinajstić information content (AvgIpc) is 2.43. The summed E-state index contributed by atoms with van der Waals surface area (Å²) in [4.78, 5) is 27.0. The van der Waals surface area contributed by atoms with Gasteiger partial charge in [-0.1, -0.05) is 19.4 Å². The van der Waals surface area contributed by atoms with Gasteiger partial charge in [-0.2, -0.15) is 0 Å². The third-order valence-electron chi connectivity index (χ3n) is 2.96. The Hall–Kier alpha value is -2.04. The van der Waals surface area contributed by atoms with Crippen molar-refractivity contribution in [2.75, 3.05) is 33.0 Å². The highest BCUT2D eigenvalue weighted by Gasteiger charge is 2.11. The molecule has 0 radical (unpaired) electrons. The van der Waals surface area contributed by atoms with Crippen LogP contribution in [0.15, 0.2) is 24.3 Å². The quantitative estimate of drug-likeness (QED) is 0.899. The van der Waals surface area contributed by atoms with Crippen LogP contribution in [0.3, 0.4) is 0 Å². The molecule has 0 saturated carbocycles. The van der Waals surface area contributed by atoms with E-state index in [1.54, 1.807) is 50.3 Å². The Balaban J connectivity index is 2.71. The lowest BCUT2D eigenvalue weighted by atomic mass is 10.2. The molecule has 0 aromatic heterocycles. The van der Waals surface area contributed by atoms with E-state index in [4.69, 9.17) is 0 Å². The summed E-state index contributed by atoms with van der Waals surface area (Å²) >= 11 is 0.